The fraction of sp³-hybridized carbons (Fsp3) is 0.500. The lowest BCUT2D eigenvalue weighted by atomic mass is 9.99. The van der Waals surface area contributed by atoms with E-state index >= 15 is 0 Å². The van der Waals surface area contributed by atoms with Crippen molar-refractivity contribution in [2.45, 2.75) is 12.5 Å². The maximum absolute atomic E-state index is 12.3. The fourth-order valence-corrected chi connectivity index (χ4v) is 1.97. The molecule has 19 heavy (non-hydrogen) atoms. The Balaban J connectivity index is 2.04. The number of carbonyl (C=O) groups excluding carboxylic acids is 2. The summed E-state index contributed by atoms with van der Waals surface area (Å²) in [5, 5.41) is 2.64. The summed E-state index contributed by atoms with van der Waals surface area (Å²) in [5.41, 5.74) is 4.14. The number of nitrogens with one attached hydrogen (secondary N) is 1. The fourth-order valence-electron chi connectivity index (χ4n) is 1.97. The summed E-state index contributed by atoms with van der Waals surface area (Å²) < 4.78 is 10.4. The van der Waals surface area contributed by atoms with E-state index in [1.807, 2.05) is 0 Å². The van der Waals surface area contributed by atoms with Crippen LogP contribution in [0.15, 0.2) is 22.8 Å². The average molecular weight is 267 g/mol. The van der Waals surface area contributed by atoms with Gasteiger partial charge in [-0.25, -0.2) is 4.79 Å². The van der Waals surface area contributed by atoms with Crippen molar-refractivity contribution in [3.8, 4) is 0 Å². The van der Waals surface area contributed by atoms with E-state index in [9.17, 15) is 9.59 Å². The van der Waals surface area contributed by atoms with Crippen LogP contribution in [0.5, 0.6) is 0 Å². The summed E-state index contributed by atoms with van der Waals surface area (Å²) in [7, 11) is 0. The summed E-state index contributed by atoms with van der Waals surface area (Å²) >= 11 is 0. The molecule has 104 valence electrons. The summed E-state index contributed by atoms with van der Waals surface area (Å²) in [6.07, 6.45) is 1.47. The molecule has 0 spiro atoms. The highest BCUT2D eigenvalue weighted by atomic mass is 16.5. The van der Waals surface area contributed by atoms with Crippen LogP contribution in [0.4, 0.5) is 4.79 Å². The van der Waals surface area contributed by atoms with Gasteiger partial charge in [0, 0.05) is 6.54 Å². The number of urea groups is 1. The summed E-state index contributed by atoms with van der Waals surface area (Å²) in [5.74, 6) is 0.0695. The predicted molar refractivity (Wildman–Crippen MR) is 66.2 cm³/mol. The molecular weight excluding hydrogens is 250 g/mol. The molecule has 3 amide bonds. The number of carbonyl (C=O) groups is 2. The van der Waals surface area contributed by atoms with Crippen molar-refractivity contribution < 1.29 is 18.7 Å². The largest absolute Gasteiger partial charge is 0.466 e. The number of nitrogens with two attached hydrogens (primary N) is 1. The monoisotopic (exact) mass is 267 g/mol. The van der Waals surface area contributed by atoms with Gasteiger partial charge in [0.05, 0.1) is 26.0 Å². The third-order valence-corrected chi connectivity index (χ3v) is 3.01. The van der Waals surface area contributed by atoms with Crippen molar-refractivity contribution in [1.29, 1.82) is 0 Å². The Labute approximate surface area is 110 Å². The number of nitrogens with zero attached hydrogens (tertiary/aromatic N) is 1. The van der Waals surface area contributed by atoms with Gasteiger partial charge in [0.15, 0.2) is 5.54 Å². The Bertz CT molecular complexity index is 460. The second-order valence-electron chi connectivity index (χ2n) is 4.39. The Hall–Kier alpha value is -1.86. The number of hydrogen-bond donors (Lipinski definition) is 2. The Morgan fingerprint density at radius 3 is 2.89 bits per heavy atom. The molecule has 1 atom stereocenters. The molecule has 1 aromatic heterocycles. The van der Waals surface area contributed by atoms with Gasteiger partial charge in [0.1, 0.15) is 5.76 Å². The van der Waals surface area contributed by atoms with Gasteiger partial charge in [-0.1, -0.05) is 0 Å². The zero-order chi connectivity index (χ0) is 13.9. The van der Waals surface area contributed by atoms with Crippen LogP contribution in [0.2, 0.25) is 0 Å². The number of hydrogen-bond acceptors (Lipinski definition) is 5. The molecule has 1 aromatic rings. The molecule has 2 rings (SSSR count). The van der Waals surface area contributed by atoms with Gasteiger partial charge in [-0.15, -0.1) is 0 Å². The molecule has 1 aliphatic rings. The van der Waals surface area contributed by atoms with E-state index in [2.05, 4.69) is 5.32 Å². The second kappa shape index (κ2) is 5.41. The van der Waals surface area contributed by atoms with E-state index in [1.165, 1.54) is 6.26 Å². The maximum Gasteiger partial charge on any atom is 0.325 e. The van der Waals surface area contributed by atoms with E-state index in [0.29, 0.717) is 18.9 Å². The van der Waals surface area contributed by atoms with Crippen LogP contribution in [-0.2, 0) is 15.1 Å². The van der Waals surface area contributed by atoms with Crippen LogP contribution < -0.4 is 11.1 Å². The molecule has 0 saturated carbocycles. The molecular formula is C12H17N3O4. The Morgan fingerprint density at radius 2 is 2.26 bits per heavy atom. The van der Waals surface area contributed by atoms with Gasteiger partial charge >= 0.3 is 6.03 Å². The summed E-state index contributed by atoms with van der Waals surface area (Å²) in [6, 6.07) is 2.89. The maximum atomic E-state index is 12.3. The minimum absolute atomic E-state index is 0.195. The SMILES string of the molecule is CC1(c2ccco2)NC(=O)N(CCOCCN)C1=O. The third-order valence-electron chi connectivity index (χ3n) is 3.01. The molecule has 1 saturated heterocycles. The van der Waals surface area contributed by atoms with Gasteiger partial charge in [-0.3, -0.25) is 9.69 Å². The molecule has 0 aromatic carbocycles. The van der Waals surface area contributed by atoms with Crippen molar-refractivity contribution in [3.05, 3.63) is 24.2 Å². The first kappa shape index (κ1) is 13.6. The minimum Gasteiger partial charge on any atom is -0.466 e. The van der Waals surface area contributed by atoms with Crippen LogP contribution in [0.25, 0.3) is 0 Å². The van der Waals surface area contributed by atoms with Crippen LogP contribution >= 0.6 is 0 Å². The number of imide groups is 1. The molecule has 7 nitrogen and oxygen atoms in total. The molecule has 2 heterocycles. The lowest BCUT2D eigenvalue weighted by molar-refractivity contribution is -0.132. The first-order chi connectivity index (χ1) is 9.09. The predicted octanol–water partition coefficient (Wildman–Crippen LogP) is 0.0219. The van der Waals surface area contributed by atoms with Gasteiger partial charge in [-0.2, -0.15) is 0 Å². The topological polar surface area (TPSA) is 97.8 Å². The standard InChI is InChI=1S/C12H17N3O4/c1-12(9-3-2-6-19-9)10(16)15(11(17)14-12)5-8-18-7-4-13/h2-3,6H,4-5,7-8,13H2,1H3,(H,14,17). The highest BCUT2D eigenvalue weighted by Gasteiger charge is 2.50. The molecule has 0 bridgehead atoms. The zero-order valence-corrected chi connectivity index (χ0v) is 10.7. The van der Waals surface area contributed by atoms with Crippen molar-refractivity contribution in [3.63, 3.8) is 0 Å². The van der Waals surface area contributed by atoms with Gasteiger partial charge < -0.3 is 20.2 Å². The smallest absolute Gasteiger partial charge is 0.325 e. The molecule has 7 heteroatoms. The van der Waals surface area contributed by atoms with Crippen molar-refractivity contribution >= 4 is 11.9 Å². The van der Waals surface area contributed by atoms with Gasteiger partial charge in [0.25, 0.3) is 5.91 Å². The van der Waals surface area contributed by atoms with E-state index in [0.717, 1.165) is 4.90 Å². The summed E-state index contributed by atoms with van der Waals surface area (Å²) in [4.78, 5) is 25.3. The lowest BCUT2D eigenvalue weighted by Gasteiger charge is -2.18. The molecule has 1 unspecified atom stereocenters. The zero-order valence-electron chi connectivity index (χ0n) is 10.7. The minimum atomic E-state index is -1.14. The van der Waals surface area contributed by atoms with E-state index in [4.69, 9.17) is 14.9 Å². The van der Waals surface area contributed by atoms with Crippen LogP contribution in [0, 0.1) is 0 Å². The highest BCUT2D eigenvalue weighted by Crippen LogP contribution is 2.28. The van der Waals surface area contributed by atoms with E-state index in [-0.39, 0.29) is 19.1 Å². The molecule has 3 N–H and O–H groups in total. The lowest BCUT2D eigenvalue weighted by Crippen LogP contribution is -2.40. The van der Waals surface area contributed by atoms with Crippen molar-refractivity contribution in [2.75, 3.05) is 26.3 Å². The van der Waals surface area contributed by atoms with E-state index in [1.54, 1.807) is 19.1 Å². The molecule has 1 fully saturated rings. The summed E-state index contributed by atoms with van der Waals surface area (Å²) in [6.45, 7) is 2.89. The first-order valence-corrected chi connectivity index (χ1v) is 6.05. The van der Waals surface area contributed by atoms with Crippen LogP contribution in [-0.4, -0.2) is 43.1 Å². The number of rotatable bonds is 6. The quantitative estimate of drug-likeness (QED) is 0.559. The Morgan fingerprint density at radius 1 is 1.47 bits per heavy atom. The number of ether oxygens (including phenoxy) is 1. The second-order valence-corrected chi connectivity index (χ2v) is 4.39. The normalized spacial score (nSPS) is 22.9. The third kappa shape index (κ3) is 2.47. The van der Waals surface area contributed by atoms with Gasteiger partial charge in [-0.05, 0) is 19.1 Å². The van der Waals surface area contributed by atoms with Crippen LogP contribution in [0.3, 0.4) is 0 Å². The average Bonchev–Trinajstić information content (AvgIpc) is 2.97. The Kier molecular flexibility index (Phi) is 3.87. The molecule has 1 aliphatic heterocycles. The molecule has 0 radical (unpaired) electrons. The number of furan rings is 1. The first-order valence-electron chi connectivity index (χ1n) is 6.05. The highest BCUT2D eigenvalue weighted by molar-refractivity contribution is 6.06. The number of amides is 3. The van der Waals surface area contributed by atoms with Crippen molar-refractivity contribution in [2.24, 2.45) is 5.73 Å². The van der Waals surface area contributed by atoms with Gasteiger partial charge in [0.2, 0.25) is 0 Å². The van der Waals surface area contributed by atoms with Crippen LogP contribution in [0.1, 0.15) is 12.7 Å². The van der Waals surface area contributed by atoms with E-state index < -0.39 is 11.6 Å². The molecule has 0 aliphatic carbocycles. The van der Waals surface area contributed by atoms with Crippen molar-refractivity contribution in [1.82, 2.24) is 10.2 Å².